The van der Waals surface area contributed by atoms with Gasteiger partial charge in [-0.05, 0) is 37.7 Å². The minimum absolute atomic E-state index is 0.0100. The lowest BCUT2D eigenvalue weighted by Gasteiger charge is -2.34. The zero-order valence-electron chi connectivity index (χ0n) is 19.5. The molecule has 7 nitrogen and oxygen atoms in total. The molecule has 0 aliphatic carbocycles. The average molecular weight is 431 g/mol. The van der Waals surface area contributed by atoms with Gasteiger partial charge in [0, 0.05) is 31.6 Å². The smallest absolute Gasteiger partial charge is 0.315 e. The maximum atomic E-state index is 12.9. The molecule has 0 aromatic heterocycles. The van der Waals surface area contributed by atoms with Crippen molar-refractivity contribution < 1.29 is 14.4 Å². The molecular formula is C24H38N4O3. The number of carbonyl (C=O) groups is 3. The zero-order chi connectivity index (χ0) is 23.0. The minimum atomic E-state index is -0.589. The molecule has 172 valence electrons. The van der Waals surface area contributed by atoms with Crippen LogP contribution in [0.2, 0.25) is 0 Å². The predicted octanol–water partition coefficient (Wildman–Crippen LogP) is 2.97. The third-order valence-corrected chi connectivity index (χ3v) is 5.55. The van der Waals surface area contributed by atoms with Gasteiger partial charge in [0.2, 0.25) is 11.8 Å². The molecular weight excluding hydrogens is 392 g/mol. The van der Waals surface area contributed by atoms with Crippen LogP contribution in [0.1, 0.15) is 58.1 Å². The van der Waals surface area contributed by atoms with Crippen molar-refractivity contribution in [1.29, 1.82) is 0 Å². The molecule has 31 heavy (non-hydrogen) atoms. The fourth-order valence-electron chi connectivity index (χ4n) is 3.71. The molecule has 7 heteroatoms. The highest BCUT2D eigenvalue weighted by Gasteiger charge is 2.28. The van der Waals surface area contributed by atoms with E-state index in [-0.39, 0.29) is 35.7 Å². The molecule has 1 atom stereocenters. The topological polar surface area (TPSA) is 90.5 Å². The van der Waals surface area contributed by atoms with Crippen molar-refractivity contribution in [3.05, 3.63) is 35.4 Å². The van der Waals surface area contributed by atoms with E-state index in [2.05, 4.69) is 16.0 Å². The molecule has 0 saturated carbocycles. The summed E-state index contributed by atoms with van der Waals surface area (Å²) in [6.07, 6.45) is 2.03. The van der Waals surface area contributed by atoms with E-state index < -0.39 is 6.04 Å². The molecule has 0 spiro atoms. The normalized spacial score (nSPS) is 15.6. The van der Waals surface area contributed by atoms with Gasteiger partial charge < -0.3 is 20.9 Å². The maximum absolute atomic E-state index is 12.9. The molecule has 3 N–H and O–H groups in total. The van der Waals surface area contributed by atoms with Gasteiger partial charge in [0.1, 0.15) is 6.04 Å². The molecule has 0 bridgehead atoms. The average Bonchev–Trinajstić information content (AvgIpc) is 2.72. The fourth-order valence-corrected chi connectivity index (χ4v) is 3.71. The van der Waals surface area contributed by atoms with E-state index in [1.165, 1.54) is 5.56 Å². The van der Waals surface area contributed by atoms with Gasteiger partial charge in [-0.1, -0.05) is 57.5 Å². The third-order valence-electron chi connectivity index (χ3n) is 5.55. The Morgan fingerprint density at radius 3 is 2.19 bits per heavy atom. The minimum Gasteiger partial charge on any atom is -0.351 e. The summed E-state index contributed by atoms with van der Waals surface area (Å²) in [7, 11) is 0. The lowest BCUT2D eigenvalue weighted by molar-refractivity contribution is -0.135. The van der Waals surface area contributed by atoms with E-state index in [9.17, 15) is 14.4 Å². The highest BCUT2D eigenvalue weighted by Crippen LogP contribution is 2.14. The van der Waals surface area contributed by atoms with Crippen LogP contribution >= 0.6 is 0 Å². The number of piperidine rings is 1. The van der Waals surface area contributed by atoms with Gasteiger partial charge in [-0.3, -0.25) is 9.59 Å². The molecule has 1 aliphatic heterocycles. The molecule has 1 unspecified atom stereocenters. The first-order chi connectivity index (χ1) is 14.7. The second-order valence-corrected chi connectivity index (χ2v) is 9.26. The Labute approximate surface area is 186 Å². The number of hydrogen-bond donors (Lipinski definition) is 3. The summed E-state index contributed by atoms with van der Waals surface area (Å²) >= 11 is 0. The number of aryl methyl sites for hydroxylation is 1. The van der Waals surface area contributed by atoms with Crippen LogP contribution < -0.4 is 16.0 Å². The summed E-state index contributed by atoms with van der Waals surface area (Å²) in [6.45, 7) is 11.6. The quantitative estimate of drug-likeness (QED) is 0.592. The number of hydrogen-bond acceptors (Lipinski definition) is 3. The first-order valence-electron chi connectivity index (χ1n) is 11.3. The molecule has 0 radical (unpaired) electrons. The van der Waals surface area contributed by atoms with Crippen LogP contribution in [0.25, 0.3) is 0 Å². The molecule has 1 heterocycles. The molecule has 1 saturated heterocycles. The van der Waals surface area contributed by atoms with Crippen LogP contribution in [-0.4, -0.2) is 47.9 Å². The maximum Gasteiger partial charge on any atom is 0.315 e. The van der Waals surface area contributed by atoms with E-state index in [0.29, 0.717) is 26.1 Å². The van der Waals surface area contributed by atoms with Gasteiger partial charge in [0.25, 0.3) is 0 Å². The monoisotopic (exact) mass is 430 g/mol. The Morgan fingerprint density at radius 2 is 1.65 bits per heavy atom. The number of rotatable bonds is 8. The predicted molar refractivity (Wildman–Crippen MR) is 122 cm³/mol. The van der Waals surface area contributed by atoms with E-state index >= 15 is 0 Å². The summed E-state index contributed by atoms with van der Waals surface area (Å²) in [5.74, 6) is 0.255. The Hall–Kier alpha value is -2.57. The van der Waals surface area contributed by atoms with Crippen molar-refractivity contribution in [3.63, 3.8) is 0 Å². The molecule has 1 aromatic rings. The van der Waals surface area contributed by atoms with Crippen molar-refractivity contribution >= 4 is 17.8 Å². The number of carbonyl (C=O) groups excluding carboxylic acids is 3. The number of urea groups is 1. The van der Waals surface area contributed by atoms with Crippen LogP contribution in [0.5, 0.6) is 0 Å². The van der Waals surface area contributed by atoms with Crippen LogP contribution in [0.4, 0.5) is 4.79 Å². The second kappa shape index (κ2) is 11.7. The lowest BCUT2D eigenvalue weighted by atomic mass is 10.00. The van der Waals surface area contributed by atoms with E-state index in [1.807, 2.05) is 63.8 Å². The summed E-state index contributed by atoms with van der Waals surface area (Å²) in [6, 6.07) is 7.05. The Morgan fingerprint density at radius 1 is 1.03 bits per heavy atom. The van der Waals surface area contributed by atoms with Crippen LogP contribution in [0.3, 0.4) is 0 Å². The van der Waals surface area contributed by atoms with Crippen LogP contribution in [0, 0.1) is 18.8 Å². The third kappa shape index (κ3) is 8.23. The largest absolute Gasteiger partial charge is 0.351 e. The van der Waals surface area contributed by atoms with E-state index in [1.54, 1.807) is 0 Å². The number of amides is 4. The zero-order valence-corrected chi connectivity index (χ0v) is 19.5. The Kier molecular flexibility index (Phi) is 9.34. The van der Waals surface area contributed by atoms with Gasteiger partial charge in [-0.2, -0.15) is 0 Å². The van der Waals surface area contributed by atoms with Gasteiger partial charge >= 0.3 is 6.03 Å². The molecule has 1 aliphatic rings. The van der Waals surface area contributed by atoms with Crippen LogP contribution in [0.15, 0.2) is 24.3 Å². The number of benzene rings is 1. The Balaban J connectivity index is 1.85. The SMILES string of the molecule is Cc1ccc(CNC(=O)NC(CC(C)C)C(=O)NC2CCN(C(=O)C(C)C)CC2)cc1. The summed E-state index contributed by atoms with van der Waals surface area (Å²) in [5.41, 5.74) is 2.18. The van der Waals surface area contributed by atoms with E-state index in [0.717, 1.165) is 18.4 Å². The summed E-state index contributed by atoms with van der Waals surface area (Å²) in [4.78, 5) is 39.3. The van der Waals surface area contributed by atoms with Crippen molar-refractivity contribution in [2.75, 3.05) is 13.1 Å². The van der Waals surface area contributed by atoms with Gasteiger partial charge in [0.15, 0.2) is 0 Å². The number of nitrogens with one attached hydrogen (secondary N) is 3. The molecule has 1 fully saturated rings. The van der Waals surface area contributed by atoms with Crippen molar-refractivity contribution in [2.45, 2.75) is 72.5 Å². The summed E-state index contributed by atoms with van der Waals surface area (Å²) in [5, 5.41) is 8.75. The Bertz CT molecular complexity index is 738. The highest BCUT2D eigenvalue weighted by atomic mass is 16.2. The fraction of sp³-hybridized carbons (Fsp3) is 0.625. The lowest BCUT2D eigenvalue weighted by Crippen LogP contribution is -2.54. The van der Waals surface area contributed by atoms with Crippen molar-refractivity contribution in [2.24, 2.45) is 11.8 Å². The van der Waals surface area contributed by atoms with Gasteiger partial charge in [0.05, 0.1) is 0 Å². The standard InChI is InChI=1S/C24H38N4O3/c1-16(2)14-21(27-24(31)25-15-19-8-6-18(5)7-9-19)22(29)26-20-10-12-28(13-11-20)23(30)17(3)4/h6-9,16-17,20-21H,10-15H2,1-5H3,(H,26,29)(H2,25,27,31). The van der Waals surface area contributed by atoms with E-state index in [4.69, 9.17) is 0 Å². The molecule has 1 aromatic carbocycles. The van der Waals surface area contributed by atoms with Crippen molar-refractivity contribution in [1.82, 2.24) is 20.9 Å². The highest BCUT2D eigenvalue weighted by molar-refractivity contribution is 5.87. The molecule has 4 amide bonds. The number of nitrogens with zero attached hydrogens (tertiary/aromatic N) is 1. The second-order valence-electron chi connectivity index (χ2n) is 9.26. The van der Waals surface area contributed by atoms with Gasteiger partial charge in [-0.15, -0.1) is 0 Å². The molecule has 2 rings (SSSR count). The van der Waals surface area contributed by atoms with Gasteiger partial charge in [-0.25, -0.2) is 4.79 Å². The van der Waals surface area contributed by atoms with Crippen LogP contribution in [-0.2, 0) is 16.1 Å². The first-order valence-corrected chi connectivity index (χ1v) is 11.3. The first kappa shape index (κ1) is 24.7. The summed E-state index contributed by atoms with van der Waals surface area (Å²) < 4.78 is 0. The van der Waals surface area contributed by atoms with Crippen molar-refractivity contribution in [3.8, 4) is 0 Å². The number of likely N-dealkylation sites (tertiary alicyclic amines) is 1.